The fourth-order valence-corrected chi connectivity index (χ4v) is 3.22. The van der Waals surface area contributed by atoms with Gasteiger partial charge >= 0.3 is 0 Å². The number of nitrogens with zero attached hydrogens (tertiary/aromatic N) is 2. The number of benzene rings is 2. The minimum atomic E-state index is -0.337. The van der Waals surface area contributed by atoms with E-state index in [1.54, 1.807) is 37.4 Å². The van der Waals surface area contributed by atoms with Crippen LogP contribution >= 0.6 is 22.9 Å². The Hall–Kier alpha value is -2.62. The molecule has 0 aliphatic heterocycles. The molecule has 0 spiro atoms. The van der Waals surface area contributed by atoms with Crippen molar-refractivity contribution in [1.29, 1.82) is 5.26 Å². The number of carbonyl (C=O) groups is 1. The maximum atomic E-state index is 12.3. The molecular weight excluding hydrogens is 334 g/mol. The van der Waals surface area contributed by atoms with Crippen molar-refractivity contribution in [1.82, 2.24) is 4.98 Å². The molecule has 114 valence electrons. The van der Waals surface area contributed by atoms with E-state index >= 15 is 0 Å². The van der Waals surface area contributed by atoms with Crippen LogP contribution in [0.5, 0.6) is 5.75 Å². The summed E-state index contributed by atoms with van der Waals surface area (Å²) in [6.07, 6.45) is 0. The highest BCUT2D eigenvalue weighted by atomic mass is 35.5. The van der Waals surface area contributed by atoms with Crippen LogP contribution in [-0.4, -0.2) is 18.0 Å². The van der Waals surface area contributed by atoms with E-state index in [4.69, 9.17) is 21.6 Å². The maximum Gasteiger partial charge on any atom is 0.257 e. The van der Waals surface area contributed by atoms with E-state index in [9.17, 15) is 4.79 Å². The molecule has 2 aromatic carbocycles. The first-order valence-electron chi connectivity index (χ1n) is 6.57. The number of halogens is 1. The van der Waals surface area contributed by atoms with E-state index in [2.05, 4.69) is 10.3 Å². The number of hydrogen-bond donors (Lipinski definition) is 1. The highest BCUT2D eigenvalue weighted by Gasteiger charge is 2.14. The van der Waals surface area contributed by atoms with Crippen molar-refractivity contribution in [2.24, 2.45) is 0 Å². The highest BCUT2D eigenvalue weighted by Crippen LogP contribution is 2.37. The van der Waals surface area contributed by atoms with Crippen molar-refractivity contribution in [2.45, 2.75) is 0 Å². The SMILES string of the molecule is COc1ccc(Cl)c2sc(NC(=O)c3cccc(C#N)c3)nc12. The first kappa shape index (κ1) is 15.3. The van der Waals surface area contributed by atoms with Gasteiger partial charge in [-0.3, -0.25) is 10.1 Å². The van der Waals surface area contributed by atoms with E-state index in [-0.39, 0.29) is 5.91 Å². The predicted molar refractivity (Wildman–Crippen MR) is 90.3 cm³/mol. The van der Waals surface area contributed by atoms with Gasteiger partial charge in [0.1, 0.15) is 11.3 Å². The first-order chi connectivity index (χ1) is 11.1. The molecular formula is C16H10ClN3O2S. The normalized spacial score (nSPS) is 10.3. The van der Waals surface area contributed by atoms with Gasteiger partial charge in [-0.2, -0.15) is 5.26 Å². The minimum Gasteiger partial charge on any atom is -0.494 e. The number of carbonyl (C=O) groups excluding carboxylic acids is 1. The lowest BCUT2D eigenvalue weighted by Crippen LogP contribution is -2.11. The van der Waals surface area contributed by atoms with E-state index in [1.807, 2.05) is 6.07 Å². The summed E-state index contributed by atoms with van der Waals surface area (Å²) in [4.78, 5) is 16.6. The number of nitrogens with one attached hydrogen (secondary N) is 1. The second kappa shape index (κ2) is 6.24. The molecule has 5 nitrogen and oxygen atoms in total. The summed E-state index contributed by atoms with van der Waals surface area (Å²) in [5, 5.41) is 12.6. The highest BCUT2D eigenvalue weighted by molar-refractivity contribution is 7.23. The van der Waals surface area contributed by atoms with Gasteiger partial charge < -0.3 is 4.74 Å². The number of ether oxygens (including phenoxy) is 1. The number of nitriles is 1. The smallest absolute Gasteiger partial charge is 0.257 e. The third kappa shape index (κ3) is 2.97. The molecule has 0 bridgehead atoms. The Morgan fingerprint density at radius 3 is 2.96 bits per heavy atom. The second-order valence-corrected chi connectivity index (χ2v) is 6.00. The number of rotatable bonds is 3. The molecule has 0 saturated carbocycles. The summed E-state index contributed by atoms with van der Waals surface area (Å²) in [6.45, 7) is 0. The van der Waals surface area contributed by atoms with Crippen LogP contribution in [0, 0.1) is 11.3 Å². The predicted octanol–water partition coefficient (Wildman–Crippen LogP) is 4.08. The van der Waals surface area contributed by atoms with Gasteiger partial charge in [0.05, 0.1) is 28.5 Å². The van der Waals surface area contributed by atoms with Crippen LogP contribution in [0.25, 0.3) is 10.2 Å². The Kier molecular flexibility index (Phi) is 4.15. The van der Waals surface area contributed by atoms with Gasteiger partial charge in [-0.25, -0.2) is 4.98 Å². The fraction of sp³-hybridized carbons (Fsp3) is 0.0625. The zero-order chi connectivity index (χ0) is 16.4. The molecule has 3 aromatic rings. The minimum absolute atomic E-state index is 0.337. The zero-order valence-electron chi connectivity index (χ0n) is 12.0. The standard InChI is InChI=1S/C16H10ClN3O2S/c1-22-12-6-5-11(17)14-13(12)19-16(23-14)20-15(21)10-4-2-3-9(7-10)8-18/h2-7H,1H3,(H,19,20,21). The van der Waals surface area contributed by atoms with Crippen molar-refractivity contribution in [3.63, 3.8) is 0 Å². The van der Waals surface area contributed by atoms with Gasteiger partial charge in [-0.15, -0.1) is 0 Å². The molecule has 7 heteroatoms. The van der Waals surface area contributed by atoms with E-state index in [0.717, 1.165) is 4.70 Å². The molecule has 0 fully saturated rings. The van der Waals surface area contributed by atoms with Crippen LogP contribution < -0.4 is 10.1 Å². The number of hydrogen-bond acceptors (Lipinski definition) is 5. The van der Waals surface area contributed by atoms with Gasteiger partial charge in [0.25, 0.3) is 5.91 Å². The molecule has 0 atom stereocenters. The van der Waals surface area contributed by atoms with Crippen molar-refractivity contribution >= 4 is 44.2 Å². The lowest BCUT2D eigenvalue weighted by molar-refractivity contribution is 0.102. The number of fused-ring (bicyclic) bond motifs is 1. The quantitative estimate of drug-likeness (QED) is 0.777. The molecule has 3 rings (SSSR count). The van der Waals surface area contributed by atoms with Gasteiger partial charge in [0.15, 0.2) is 5.13 Å². The van der Waals surface area contributed by atoms with E-state index in [0.29, 0.717) is 32.5 Å². The summed E-state index contributed by atoms with van der Waals surface area (Å²) in [6, 6.07) is 11.9. The fourth-order valence-electron chi connectivity index (χ4n) is 2.07. The Balaban J connectivity index is 1.94. The van der Waals surface area contributed by atoms with Crippen LogP contribution in [0.1, 0.15) is 15.9 Å². The molecule has 23 heavy (non-hydrogen) atoms. The van der Waals surface area contributed by atoms with Crippen molar-refractivity contribution in [2.75, 3.05) is 12.4 Å². The number of methoxy groups -OCH3 is 1. The van der Waals surface area contributed by atoms with Crippen molar-refractivity contribution in [3.8, 4) is 11.8 Å². The van der Waals surface area contributed by atoms with Crippen LogP contribution in [0.4, 0.5) is 5.13 Å². The zero-order valence-corrected chi connectivity index (χ0v) is 13.5. The summed E-state index contributed by atoms with van der Waals surface area (Å²) in [5.74, 6) is 0.254. The lowest BCUT2D eigenvalue weighted by atomic mass is 10.1. The van der Waals surface area contributed by atoms with Crippen LogP contribution in [0.15, 0.2) is 36.4 Å². The summed E-state index contributed by atoms with van der Waals surface area (Å²) < 4.78 is 6.00. The number of anilines is 1. The molecule has 1 aromatic heterocycles. The second-order valence-electron chi connectivity index (χ2n) is 4.59. The number of amides is 1. The van der Waals surface area contributed by atoms with Gasteiger partial charge in [0, 0.05) is 5.56 Å². The van der Waals surface area contributed by atoms with Crippen LogP contribution in [0.3, 0.4) is 0 Å². The van der Waals surface area contributed by atoms with Crippen molar-refractivity contribution < 1.29 is 9.53 Å². The topological polar surface area (TPSA) is 75.0 Å². The van der Waals surface area contributed by atoms with Gasteiger partial charge in [0.2, 0.25) is 0 Å². The Labute approximate surface area is 141 Å². The monoisotopic (exact) mass is 343 g/mol. The van der Waals surface area contributed by atoms with E-state index < -0.39 is 0 Å². The van der Waals surface area contributed by atoms with Crippen LogP contribution in [0.2, 0.25) is 5.02 Å². The molecule has 0 aliphatic carbocycles. The third-order valence-corrected chi connectivity index (χ3v) is 4.58. The average molecular weight is 344 g/mol. The van der Waals surface area contributed by atoms with Gasteiger partial charge in [-0.1, -0.05) is 29.0 Å². The Morgan fingerprint density at radius 1 is 1.39 bits per heavy atom. The number of aromatic nitrogens is 1. The molecule has 0 radical (unpaired) electrons. The summed E-state index contributed by atoms with van der Waals surface area (Å²) in [7, 11) is 1.55. The van der Waals surface area contributed by atoms with E-state index in [1.165, 1.54) is 17.4 Å². The first-order valence-corrected chi connectivity index (χ1v) is 7.76. The average Bonchev–Trinajstić information content (AvgIpc) is 3.00. The molecule has 0 unspecified atom stereocenters. The van der Waals surface area contributed by atoms with Crippen LogP contribution in [-0.2, 0) is 0 Å². The molecule has 0 saturated heterocycles. The summed E-state index contributed by atoms with van der Waals surface area (Å²) in [5.41, 5.74) is 1.42. The Morgan fingerprint density at radius 2 is 2.22 bits per heavy atom. The summed E-state index contributed by atoms with van der Waals surface area (Å²) >= 11 is 7.42. The molecule has 1 heterocycles. The lowest BCUT2D eigenvalue weighted by Gasteiger charge is -2.01. The molecule has 1 amide bonds. The molecule has 1 N–H and O–H groups in total. The van der Waals surface area contributed by atoms with Crippen molar-refractivity contribution in [3.05, 3.63) is 52.5 Å². The number of thiazole rings is 1. The maximum absolute atomic E-state index is 12.3. The Bertz CT molecular complexity index is 946. The third-order valence-electron chi connectivity index (χ3n) is 3.15. The largest absolute Gasteiger partial charge is 0.494 e. The molecule has 0 aliphatic rings. The van der Waals surface area contributed by atoms with Gasteiger partial charge in [-0.05, 0) is 30.3 Å².